The molecule has 0 atom stereocenters. The maximum Gasteiger partial charge on any atom is 0.255 e. The second-order valence-corrected chi connectivity index (χ2v) is 5.27. The van der Waals surface area contributed by atoms with E-state index >= 15 is 0 Å². The fourth-order valence-corrected chi connectivity index (χ4v) is 2.20. The molecule has 0 unspecified atom stereocenters. The largest absolute Gasteiger partial charge is 0.497 e. The third-order valence-electron chi connectivity index (χ3n) is 3.16. The molecule has 0 heterocycles. The number of hydrogen-bond acceptors (Lipinski definition) is 4. The fourth-order valence-electron chi connectivity index (χ4n) is 2.02. The third kappa shape index (κ3) is 4.51. The smallest absolute Gasteiger partial charge is 0.255 e. The van der Waals surface area contributed by atoms with E-state index in [0.717, 1.165) is 5.56 Å². The first-order valence-corrected chi connectivity index (χ1v) is 7.38. The summed E-state index contributed by atoms with van der Waals surface area (Å²) >= 11 is 6.02. The number of carbonyl (C=O) groups is 1. The van der Waals surface area contributed by atoms with E-state index in [1.165, 1.54) is 0 Å². The minimum atomic E-state index is -0.587. The van der Waals surface area contributed by atoms with Gasteiger partial charge >= 0.3 is 0 Å². The number of rotatable bonds is 6. The number of nitrogens with zero attached hydrogens (tertiary/aromatic N) is 1. The first-order valence-electron chi connectivity index (χ1n) is 7.00. The van der Waals surface area contributed by atoms with Crippen molar-refractivity contribution in [3.05, 3.63) is 58.6 Å². The summed E-state index contributed by atoms with van der Waals surface area (Å²) in [5, 5.41) is 9.93. The molecule has 0 spiro atoms. The summed E-state index contributed by atoms with van der Waals surface area (Å²) in [5.74, 6) is 0.527. The highest BCUT2D eigenvalue weighted by Gasteiger charge is 2.08. The van der Waals surface area contributed by atoms with Gasteiger partial charge in [0.1, 0.15) is 11.5 Å². The van der Waals surface area contributed by atoms with E-state index in [9.17, 15) is 10.1 Å². The Balaban J connectivity index is 2.40. The Bertz CT molecular complexity index is 808. The maximum absolute atomic E-state index is 10.9. The maximum atomic E-state index is 10.9. The lowest BCUT2D eigenvalue weighted by Gasteiger charge is -2.09. The number of allylic oxidation sites excluding steroid dienone is 1. The number of amides is 1. The number of hydrogen-bond donors (Lipinski definition) is 1. The Morgan fingerprint density at radius 2 is 2.00 bits per heavy atom. The van der Waals surface area contributed by atoms with Gasteiger partial charge in [-0.05, 0) is 54.1 Å². The van der Waals surface area contributed by atoms with Crippen molar-refractivity contribution in [1.82, 2.24) is 0 Å². The van der Waals surface area contributed by atoms with E-state index in [-0.39, 0.29) is 6.61 Å². The Labute approximate surface area is 144 Å². The zero-order chi connectivity index (χ0) is 17.5. The number of ether oxygens (including phenoxy) is 2. The SMILES string of the molecule is COc1ccc(/C(C#N)=C/c2cc(Cl)ccc2OCC(N)=O)cc1. The first kappa shape index (κ1) is 17.4. The van der Waals surface area contributed by atoms with Crippen molar-refractivity contribution < 1.29 is 14.3 Å². The van der Waals surface area contributed by atoms with E-state index in [2.05, 4.69) is 6.07 Å². The molecule has 5 nitrogen and oxygen atoms in total. The summed E-state index contributed by atoms with van der Waals surface area (Å²) in [6.45, 7) is -0.257. The number of carbonyl (C=O) groups excluding carboxylic acids is 1. The van der Waals surface area contributed by atoms with Crippen molar-refractivity contribution in [3.63, 3.8) is 0 Å². The lowest BCUT2D eigenvalue weighted by molar-refractivity contribution is -0.119. The van der Waals surface area contributed by atoms with E-state index < -0.39 is 5.91 Å². The van der Waals surface area contributed by atoms with Crippen LogP contribution in [-0.4, -0.2) is 19.6 Å². The van der Waals surface area contributed by atoms with Gasteiger partial charge in [-0.3, -0.25) is 4.79 Å². The highest BCUT2D eigenvalue weighted by molar-refractivity contribution is 6.30. The molecule has 0 saturated heterocycles. The van der Waals surface area contributed by atoms with Crippen LogP contribution in [0.3, 0.4) is 0 Å². The van der Waals surface area contributed by atoms with Crippen LogP contribution < -0.4 is 15.2 Å². The van der Waals surface area contributed by atoms with Crippen molar-refractivity contribution in [3.8, 4) is 17.6 Å². The predicted octanol–water partition coefficient (Wildman–Crippen LogP) is 3.28. The molecule has 24 heavy (non-hydrogen) atoms. The predicted molar refractivity (Wildman–Crippen MR) is 92.6 cm³/mol. The molecule has 2 N–H and O–H groups in total. The Morgan fingerprint density at radius 3 is 2.58 bits per heavy atom. The van der Waals surface area contributed by atoms with E-state index in [4.69, 9.17) is 26.8 Å². The van der Waals surface area contributed by atoms with Crippen LogP contribution in [0.4, 0.5) is 0 Å². The van der Waals surface area contributed by atoms with Crippen LogP contribution in [0.1, 0.15) is 11.1 Å². The molecule has 0 saturated carbocycles. The van der Waals surface area contributed by atoms with Crippen LogP contribution in [0.25, 0.3) is 11.6 Å². The van der Waals surface area contributed by atoms with Crippen LogP contribution in [-0.2, 0) is 4.79 Å². The average molecular weight is 343 g/mol. The highest BCUT2D eigenvalue weighted by atomic mass is 35.5. The van der Waals surface area contributed by atoms with Gasteiger partial charge in [0.15, 0.2) is 6.61 Å². The van der Waals surface area contributed by atoms with Crippen LogP contribution in [0, 0.1) is 11.3 Å². The Kier molecular flexibility index (Phi) is 5.83. The molecular formula is C18H15ClN2O3. The second kappa shape index (κ2) is 8.04. The minimum Gasteiger partial charge on any atom is -0.497 e. The minimum absolute atomic E-state index is 0.257. The molecule has 122 valence electrons. The number of nitriles is 1. The van der Waals surface area contributed by atoms with Gasteiger partial charge in [-0.2, -0.15) is 5.26 Å². The third-order valence-corrected chi connectivity index (χ3v) is 3.40. The molecule has 0 radical (unpaired) electrons. The molecule has 2 aromatic carbocycles. The number of halogens is 1. The summed E-state index contributed by atoms with van der Waals surface area (Å²) in [6, 6.07) is 14.2. The van der Waals surface area contributed by atoms with E-state index in [0.29, 0.717) is 27.7 Å². The molecule has 6 heteroatoms. The molecule has 2 rings (SSSR count). The molecule has 0 aliphatic rings. The highest BCUT2D eigenvalue weighted by Crippen LogP contribution is 2.28. The van der Waals surface area contributed by atoms with Gasteiger partial charge in [-0.1, -0.05) is 11.6 Å². The molecule has 0 aliphatic carbocycles. The number of methoxy groups -OCH3 is 1. The summed E-state index contributed by atoms with van der Waals surface area (Å²) < 4.78 is 10.5. The molecule has 1 amide bonds. The molecular weight excluding hydrogens is 328 g/mol. The average Bonchev–Trinajstić information content (AvgIpc) is 2.59. The lowest BCUT2D eigenvalue weighted by Crippen LogP contribution is -2.20. The van der Waals surface area contributed by atoms with Crippen molar-refractivity contribution in [1.29, 1.82) is 5.26 Å². The second-order valence-electron chi connectivity index (χ2n) is 4.84. The van der Waals surface area contributed by atoms with Gasteiger partial charge < -0.3 is 15.2 Å². The zero-order valence-corrected chi connectivity index (χ0v) is 13.7. The molecule has 2 aromatic rings. The van der Waals surface area contributed by atoms with Crippen molar-refractivity contribution in [2.45, 2.75) is 0 Å². The molecule has 0 aliphatic heterocycles. The zero-order valence-electron chi connectivity index (χ0n) is 13.0. The standard InChI is InChI=1S/C18H15ClN2O3/c1-23-16-5-2-12(3-6-16)14(10-20)8-13-9-15(19)4-7-17(13)24-11-18(21)22/h2-9H,11H2,1H3,(H2,21,22)/b14-8+. The van der Waals surface area contributed by atoms with E-state index in [1.54, 1.807) is 55.7 Å². The molecule has 0 fully saturated rings. The summed E-state index contributed by atoms with van der Waals surface area (Å²) in [6.07, 6.45) is 1.64. The van der Waals surface area contributed by atoms with Crippen LogP contribution >= 0.6 is 11.6 Å². The molecule has 0 aromatic heterocycles. The van der Waals surface area contributed by atoms with Crippen LogP contribution in [0.5, 0.6) is 11.5 Å². The van der Waals surface area contributed by atoms with Gasteiger partial charge in [0.05, 0.1) is 18.8 Å². The normalized spacial score (nSPS) is 10.8. The summed E-state index contributed by atoms with van der Waals surface area (Å²) in [5.41, 5.74) is 6.82. The van der Waals surface area contributed by atoms with E-state index in [1.807, 2.05) is 0 Å². The number of benzene rings is 2. The Morgan fingerprint density at radius 1 is 1.29 bits per heavy atom. The van der Waals surface area contributed by atoms with Gasteiger partial charge in [0.2, 0.25) is 0 Å². The van der Waals surface area contributed by atoms with Crippen LogP contribution in [0.15, 0.2) is 42.5 Å². The topological polar surface area (TPSA) is 85.3 Å². The van der Waals surface area contributed by atoms with Gasteiger partial charge in [0.25, 0.3) is 5.91 Å². The summed E-state index contributed by atoms with van der Waals surface area (Å²) in [7, 11) is 1.57. The summed E-state index contributed by atoms with van der Waals surface area (Å²) in [4.78, 5) is 10.9. The van der Waals surface area contributed by atoms with Crippen molar-refractivity contribution in [2.75, 3.05) is 13.7 Å². The number of nitrogens with two attached hydrogens (primary N) is 1. The Hall–Kier alpha value is -2.97. The monoisotopic (exact) mass is 342 g/mol. The van der Waals surface area contributed by atoms with Gasteiger partial charge in [0, 0.05) is 10.6 Å². The molecule has 0 bridgehead atoms. The van der Waals surface area contributed by atoms with Gasteiger partial charge in [-0.15, -0.1) is 0 Å². The lowest BCUT2D eigenvalue weighted by atomic mass is 10.0. The first-order chi connectivity index (χ1) is 11.5. The van der Waals surface area contributed by atoms with Crippen molar-refractivity contribution >= 4 is 29.2 Å². The number of primary amides is 1. The van der Waals surface area contributed by atoms with Crippen LogP contribution in [0.2, 0.25) is 5.02 Å². The fraction of sp³-hybridized carbons (Fsp3) is 0.111. The van der Waals surface area contributed by atoms with Gasteiger partial charge in [-0.25, -0.2) is 0 Å². The quantitative estimate of drug-likeness (QED) is 0.644. The van der Waals surface area contributed by atoms with Crippen molar-refractivity contribution in [2.24, 2.45) is 5.73 Å².